The SMILES string of the molecule is CCOC(C)(OCC)P(=O)(CC[C@H]1O[C@@H](n2cc(C)c(=O)[nH]c2=O)C[C@H]1O)c1ccccc1. The molecule has 1 aliphatic heterocycles. The molecule has 1 saturated heterocycles. The van der Waals surface area contributed by atoms with Crippen LogP contribution in [0.15, 0.2) is 46.1 Å². The number of ether oxygens (including phenoxy) is 3. The van der Waals surface area contributed by atoms with Gasteiger partial charge in [-0.3, -0.25) is 14.3 Å². The summed E-state index contributed by atoms with van der Waals surface area (Å²) in [6.07, 6.45) is -0.161. The van der Waals surface area contributed by atoms with E-state index in [2.05, 4.69) is 4.98 Å². The molecule has 0 aliphatic carbocycles. The van der Waals surface area contributed by atoms with E-state index in [-0.39, 0.29) is 19.0 Å². The number of rotatable bonds is 10. The third-order valence-electron chi connectivity index (χ3n) is 6.04. The zero-order chi connectivity index (χ0) is 24.2. The maximum atomic E-state index is 14.5. The Hall–Kier alpha value is -2.03. The van der Waals surface area contributed by atoms with Crippen LogP contribution in [0.3, 0.4) is 0 Å². The van der Waals surface area contributed by atoms with Gasteiger partial charge in [-0.25, -0.2) is 4.79 Å². The lowest BCUT2D eigenvalue weighted by molar-refractivity contribution is -0.160. The number of nitrogens with one attached hydrogen (secondary N) is 1. The van der Waals surface area contributed by atoms with Crippen LogP contribution >= 0.6 is 7.14 Å². The number of aromatic nitrogens is 2. The minimum atomic E-state index is -3.27. The van der Waals surface area contributed by atoms with E-state index in [9.17, 15) is 19.3 Å². The number of benzene rings is 1. The molecule has 9 nitrogen and oxygen atoms in total. The number of H-pyrrole nitrogens is 1. The van der Waals surface area contributed by atoms with Gasteiger partial charge in [0, 0.05) is 42.9 Å². The first kappa shape index (κ1) is 25.6. The van der Waals surface area contributed by atoms with E-state index in [1.807, 2.05) is 32.0 Å². The van der Waals surface area contributed by atoms with Crippen LogP contribution in [0, 0.1) is 6.92 Å². The minimum absolute atomic E-state index is 0.180. The molecule has 0 amide bonds. The lowest BCUT2D eigenvalue weighted by Gasteiger charge is -2.37. The summed E-state index contributed by atoms with van der Waals surface area (Å²) < 4.78 is 33.5. The van der Waals surface area contributed by atoms with Crippen molar-refractivity contribution in [2.24, 2.45) is 0 Å². The van der Waals surface area contributed by atoms with Gasteiger partial charge in [-0.15, -0.1) is 0 Å². The Labute approximate surface area is 193 Å². The van der Waals surface area contributed by atoms with Gasteiger partial charge in [0.2, 0.25) is 5.53 Å². The summed E-state index contributed by atoms with van der Waals surface area (Å²) in [5, 5.41) is 11.3. The van der Waals surface area contributed by atoms with E-state index >= 15 is 0 Å². The van der Waals surface area contributed by atoms with Crippen molar-refractivity contribution in [2.75, 3.05) is 19.4 Å². The first-order chi connectivity index (χ1) is 15.6. The molecule has 0 bridgehead atoms. The standard InChI is InChI=1S/C23H33N2O7P/c1-5-30-23(4,31-6-2)33(29,17-10-8-7-9-11-17)13-12-19-18(26)14-20(32-19)25-15-16(3)21(27)24-22(25)28/h7-11,15,18-20,26H,5-6,12-14H2,1-4H3,(H,24,27,28)/t18-,19-,20-,33?/m1/s1. The third-order valence-corrected chi connectivity index (χ3v) is 9.63. The van der Waals surface area contributed by atoms with Crippen molar-refractivity contribution in [3.8, 4) is 0 Å². The van der Waals surface area contributed by atoms with Crippen LogP contribution in [-0.4, -0.2) is 51.8 Å². The molecule has 3 rings (SSSR count). The monoisotopic (exact) mass is 480 g/mol. The maximum absolute atomic E-state index is 14.5. The van der Waals surface area contributed by atoms with Crippen LogP contribution in [0.5, 0.6) is 0 Å². The van der Waals surface area contributed by atoms with Gasteiger partial charge in [-0.05, 0) is 34.1 Å². The summed E-state index contributed by atoms with van der Waals surface area (Å²) in [5.74, 6) is 0. The van der Waals surface area contributed by atoms with Crippen LogP contribution in [-0.2, 0) is 18.8 Å². The summed E-state index contributed by atoms with van der Waals surface area (Å²) in [6, 6.07) is 9.10. The number of aliphatic hydroxyl groups excluding tert-OH is 1. The highest BCUT2D eigenvalue weighted by molar-refractivity contribution is 7.72. The summed E-state index contributed by atoms with van der Waals surface area (Å²) in [7, 11) is -3.27. The summed E-state index contributed by atoms with van der Waals surface area (Å²) in [5.41, 5.74) is -2.01. The van der Waals surface area contributed by atoms with E-state index in [1.165, 1.54) is 10.8 Å². The van der Waals surface area contributed by atoms with Gasteiger partial charge < -0.3 is 23.9 Å². The Bertz CT molecular complexity index is 1090. The second-order valence-corrected chi connectivity index (χ2v) is 11.5. The molecule has 0 saturated carbocycles. The van der Waals surface area contributed by atoms with Gasteiger partial charge in [0.05, 0.1) is 12.2 Å². The molecule has 1 unspecified atom stereocenters. The highest BCUT2D eigenvalue weighted by Crippen LogP contribution is 2.59. The van der Waals surface area contributed by atoms with E-state index < -0.39 is 42.4 Å². The molecule has 2 aromatic rings. The first-order valence-electron chi connectivity index (χ1n) is 11.2. The number of aromatic amines is 1. The maximum Gasteiger partial charge on any atom is 0.330 e. The Kier molecular flexibility index (Phi) is 8.13. The van der Waals surface area contributed by atoms with Crippen molar-refractivity contribution in [3.63, 3.8) is 0 Å². The average molecular weight is 480 g/mol. The number of aryl methyl sites for hydroxylation is 1. The molecule has 2 heterocycles. The molecule has 0 spiro atoms. The fraction of sp³-hybridized carbons (Fsp3) is 0.565. The van der Waals surface area contributed by atoms with Crippen molar-refractivity contribution < 1.29 is 23.9 Å². The molecular formula is C23H33N2O7P. The minimum Gasteiger partial charge on any atom is -0.390 e. The molecule has 10 heteroatoms. The van der Waals surface area contributed by atoms with Crippen molar-refractivity contribution in [2.45, 2.75) is 64.5 Å². The molecule has 1 aliphatic rings. The van der Waals surface area contributed by atoms with Crippen LogP contribution < -0.4 is 16.6 Å². The first-order valence-corrected chi connectivity index (χ1v) is 13.1. The van der Waals surface area contributed by atoms with Gasteiger partial charge in [0.25, 0.3) is 5.56 Å². The Morgan fingerprint density at radius 2 is 1.85 bits per heavy atom. The van der Waals surface area contributed by atoms with Gasteiger partial charge in [0.15, 0.2) is 7.14 Å². The van der Waals surface area contributed by atoms with Gasteiger partial charge in [0.1, 0.15) is 6.23 Å². The Morgan fingerprint density at radius 3 is 2.45 bits per heavy atom. The van der Waals surface area contributed by atoms with Gasteiger partial charge in [-0.1, -0.05) is 30.3 Å². The second-order valence-electron chi connectivity index (χ2n) is 8.26. The molecule has 1 aromatic carbocycles. The zero-order valence-electron chi connectivity index (χ0n) is 19.5. The molecular weight excluding hydrogens is 447 g/mol. The lowest BCUT2D eigenvalue weighted by atomic mass is 10.1. The highest BCUT2D eigenvalue weighted by atomic mass is 31.2. The average Bonchev–Trinajstić information content (AvgIpc) is 3.15. The van der Waals surface area contributed by atoms with Crippen molar-refractivity contribution in [1.29, 1.82) is 0 Å². The third kappa shape index (κ3) is 5.23. The number of hydrogen-bond donors (Lipinski definition) is 2. The summed E-state index contributed by atoms with van der Waals surface area (Å²) in [6.45, 7) is 7.59. The Balaban J connectivity index is 1.85. The molecule has 33 heavy (non-hydrogen) atoms. The van der Waals surface area contributed by atoms with Gasteiger partial charge >= 0.3 is 5.69 Å². The fourth-order valence-corrected chi connectivity index (χ4v) is 7.36. The van der Waals surface area contributed by atoms with E-state index in [4.69, 9.17) is 14.2 Å². The predicted octanol–water partition coefficient (Wildman–Crippen LogP) is 2.32. The van der Waals surface area contributed by atoms with Crippen LogP contribution in [0.2, 0.25) is 0 Å². The molecule has 4 atom stereocenters. The van der Waals surface area contributed by atoms with E-state index in [0.29, 0.717) is 24.1 Å². The molecule has 1 aromatic heterocycles. The smallest absolute Gasteiger partial charge is 0.330 e. The molecule has 0 radical (unpaired) electrons. The summed E-state index contributed by atoms with van der Waals surface area (Å²) in [4.78, 5) is 26.2. The molecule has 2 N–H and O–H groups in total. The van der Waals surface area contributed by atoms with Crippen LogP contribution in [0.4, 0.5) is 0 Å². The Morgan fingerprint density at radius 1 is 1.21 bits per heavy atom. The van der Waals surface area contributed by atoms with Crippen molar-refractivity contribution >= 4 is 12.4 Å². The van der Waals surface area contributed by atoms with Gasteiger partial charge in [-0.2, -0.15) is 0 Å². The second kappa shape index (κ2) is 10.5. The van der Waals surface area contributed by atoms with Crippen LogP contribution in [0.1, 0.15) is 45.4 Å². The molecule has 182 valence electrons. The fourth-order valence-electron chi connectivity index (χ4n) is 4.28. The van der Waals surface area contributed by atoms with E-state index in [1.54, 1.807) is 26.0 Å². The highest BCUT2D eigenvalue weighted by Gasteiger charge is 2.48. The number of nitrogens with zero attached hydrogens (tertiary/aromatic N) is 1. The largest absolute Gasteiger partial charge is 0.390 e. The predicted molar refractivity (Wildman–Crippen MR) is 125 cm³/mol. The normalized spacial score (nSPS) is 22.9. The van der Waals surface area contributed by atoms with Crippen molar-refractivity contribution in [1.82, 2.24) is 9.55 Å². The number of hydrogen-bond acceptors (Lipinski definition) is 7. The topological polar surface area (TPSA) is 120 Å². The summed E-state index contributed by atoms with van der Waals surface area (Å²) >= 11 is 0. The quantitative estimate of drug-likeness (QED) is 0.396. The van der Waals surface area contributed by atoms with E-state index in [0.717, 1.165) is 0 Å². The van der Waals surface area contributed by atoms with Crippen molar-refractivity contribution in [3.05, 3.63) is 62.9 Å². The zero-order valence-corrected chi connectivity index (χ0v) is 20.4. The number of aliphatic hydroxyl groups is 1. The lowest BCUT2D eigenvalue weighted by Crippen LogP contribution is -2.38. The molecule has 1 fully saturated rings. The van der Waals surface area contributed by atoms with Crippen LogP contribution in [0.25, 0.3) is 0 Å².